The fraction of sp³-hybridized carbons (Fsp3) is 0.571. The summed E-state index contributed by atoms with van der Waals surface area (Å²) in [4.78, 5) is 4.97. The molecule has 1 aliphatic rings. The van der Waals surface area contributed by atoms with E-state index >= 15 is 0 Å². The van der Waals surface area contributed by atoms with Crippen LogP contribution in [0.4, 0.5) is 5.69 Å². The molecule has 94 valence electrons. The predicted molar refractivity (Wildman–Crippen MR) is 71.9 cm³/mol. The van der Waals surface area contributed by atoms with Crippen LogP contribution in [0.3, 0.4) is 0 Å². The van der Waals surface area contributed by atoms with Gasteiger partial charge in [-0.1, -0.05) is 13.0 Å². The fourth-order valence-corrected chi connectivity index (χ4v) is 2.35. The fourth-order valence-electron chi connectivity index (χ4n) is 2.35. The lowest BCUT2D eigenvalue weighted by atomic mass is 10.2. The number of hydrogen-bond donors (Lipinski definition) is 0. The van der Waals surface area contributed by atoms with E-state index in [-0.39, 0.29) is 0 Å². The lowest BCUT2D eigenvalue weighted by Crippen LogP contribution is -2.30. The van der Waals surface area contributed by atoms with Crippen molar-refractivity contribution in [2.75, 3.05) is 44.7 Å². The van der Waals surface area contributed by atoms with Crippen LogP contribution >= 0.6 is 0 Å². The summed E-state index contributed by atoms with van der Waals surface area (Å²) in [5.41, 5.74) is 1.28. The van der Waals surface area contributed by atoms with Crippen LogP contribution in [0.2, 0.25) is 0 Å². The maximum Gasteiger partial charge on any atom is 0.120 e. The van der Waals surface area contributed by atoms with Crippen molar-refractivity contribution >= 4 is 5.69 Å². The number of ether oxygens (including phenoxy) is 1. The molecule has 0 saturated carbocycles. The molecule has 0 radical (unpaired) electrons. The number of likely N-dealkylation sites (N-methyl/N-ethyl adjacent to an activating group) is 1. The summed E-state index contributed by atoms with van der Waals surface area (Å²) in [6.07, 6.45) is 1.24. The van der Waals surface area contributed by atoms with Gasteiger partial charge in [0.15, 0.2) is 0 Å². The van der Waals surface area contributed by atoms with Gasteiger partial charge in [0.1, 0.15) is 5.75 Å². The van der Waals surface area contributed by atoms with Crippen molar-refractivity contribution in [2.24, 2.45) is 0 Å². The van der Waals surface area contributed by atoms with Crippen LogP contribution in [0.15, 0.2) is 24.3 Å². The number of hydrogen-bond acceptors (Lipinski definition) is 3. The minimum Gasteiger partial charge on any atom is -0.497 e. The van der Waals surface area contributed by atoms with Crippen LogP contribution in [0.1, 0.15) is 13.3 Å². The third-order valence-electron chi connectivity index (χ3n) is 3.45. The summed E-state index contributed by atoms with van der Waals surface area (Å²) in [5.74, 6) is 0.944. The Hall–Kier alpha value is -1.22. The highest BCUT2D eigenvalue weighted by molar-refractivity contribution is 5.50. The molecule has 0 atom stereocenters. The molecule has 1 fully saturated rings. The molecule has 3 heteroatoms. The zero-order valence-corrected chi connectivity index (χ0v) is 10.9. The van der Waals surface area contributed by atoms with Gasteiger partial charge in [-0.25, -0.2) is 0 Å². The summed E-state index contributed by atoms with van der Waals surface area (Å²) in [7, 11) is 1.72. The number of nitrogens with zero attached hydrogens (tertiary/aromatic N) is 2. The average molecular weight is 234 g/mol. The molecular formula is C14H22N2O. The quantitative estimate of drug-likeness (QED) is 0.797. The SMILES string of the molecule is CCN1CCCN(c2cccc(OC)c2)CC1. The first kappa shape index (κ1) is 12.2. The molecule has 0 aliphatic carbocycles. The summed E-state index contributed by atoms with van der Waals surface area (Å²) in [5, 5.41) is 0. The number of rotatable bonds is 3. The van der Waals surface area contributed by atoms with Gasteiger partial charge in [-0.2, -0.15) is 0 Å². The molecule has 0 aromatic heterocycles. The third-order valence-corrected chi connectivity index (χ3v) is 3.45. The Bertz CT molecular complexity index is 354. The zero-order valence-electron chi connectivity index (χ0n) is 10.9. The number of anilines is 1. The molecule has 1 aromatic carbocycles. The Morgan fingerprint density at radius 3 is 2.82 bits per heavy atom. The van der Waals surface area contributed by atoms with Gasteiger partial charge in [-0.05, 0) is 31.6 Å². The lowest BCUT2D eigenvalue weighted by molar-refractivity contribution is 0.310. The highest BCUT2D eigenvalue weighted by atomic mass is 16.5. The molecule has 1 heterocycles. The first-order valence-corrected chi connectivity index (χ1v) is 6.45. The van der Waals surface area contributed by atoms with E-state index in [2.05, 4.69) is 34.9 Å². The molecule has 0 unspecified atom stereocenters. The molecule has 0 amide bonds. The van der Waals surface area contributed by atoms with Gasteiger partial charge >= 0.3 is 0 Å². The van der Waals surface area contributed by atoms with Crippen LogP contribution in [0.25, 0.3) is 0 Å². The minimum absolute atomic E-state index is 0.944. The average Bonchev–Trinajstić information content (AvgIpc) is 2.64. The van der Waals surface area contributed by atoms with Crippen molar-refractivity contribution in [2.45, 2.75) is 13.3 Å². The second-order valence-electron chi connectivity index (χ2n) is 4.48. The number of benzene rings is 1. The van der Waals surface area contributed by atoms with Crippen molar-refractivity contribution in [1.29, 1.82) is 0 Å². The second kappa shape index (κ2) is 5.92. The third kappa shape index (κ3) is 3.13. The van der Waals surface area contributed by atoms with Gasteiger partial charge in [-0.3, -0.25) is 0 Å². The first-order valence-electron chi connectivity index (χ1n) is 6.45. The van der Waals surface area contributed by atoms with Gasteiger partial charge in [-0.15, -0.1) is 0 Å². The van der Waals surface area contributed by atoms with E-state index in [0.29, 0.717) is 0 Å². The van der Waals surface area contributed by atoms with Crippen molar-refractivity contribution in [1.82, 2.24) is 4.90 Å². The van der Waals surface area contributed by atoms with E-state index in [1.807, 2.05) is 6.07 Å². The summed E-state index contributed by atoms with van der Waals surface area (Å²) in [6.45, 7) is 8.03. The van der Waals surface area contributed by atoms with E-state index in [1.54, 1.807) is 7.11 Å². The molecule has 0 spiro atoms. The molecule has 17 heavy (non-hydrogen) atoms. The maximum absolute atomic E-state index is 5.28. The molecule has 3 nitrogen and oxygen atoms in total. The topological polar surface area (TPSA) is 15.7 Å². The maximum atomic E-state index is 5.28. The Morgan fingerprint density at radius 2 is 2.06 bits per heavy atom. The van der Waals surface area contributed by atoms with Crippen LogP contribution in [-0.4, -0.2) is 44.7 Å². The Morgan fingerprint density at radius 1 is 1.18 bits per heavy atom. The molecule has 1 aliphatic heterocycles. The van der Waals surface area contributed by atoms with Crippen LogP contribution in [0, 0.1) is 0 Å². The standard InChI is InChI=1S/C14H22N2O/c1-3-15-8-5-9-16(11-10-15)13-6-4-7-14(12-13)17-2/h4,6-7,12H,3,5,8-11H2,1-2H3. The van der Waals surface area contributed by atoms with E-state index < -0.39 is 0 Å². The Labute approximate surface area is 104 Å². The highest BCUT2D eigenvalue weighted by Gasteiger charge is 2.14. The van der Waals surface area contributed by atoms with E-state index in [1.165, 1.54) is 18.7 Å². The van der Waals surface area contributed by atoms with Gasteiger partial charge in [0.05, 0.1) is 7.11 Å². The largest absolute Gasteiger partial charge is 0.497 e. The molecule has 1 saturated heterocycles. The first-order chi connectivity index (χ1) is 8.33. The summed E-state index contributed by atoms with van der Waals surface area (Å²) in [6, 6.07) is 8.36. The van der Waals surface area contributed by atoms with Crippen LogP contribution in [0.5, 0.6) is 5.75 Å². The zero-order chi connectivity index (χ0) is 12.1. The van der Waals surface area contributed by atoms with Crippen molar-refractivity contribution in [3.8, 4) is 5.75 Å². The molecule has 1 aromatic rings. The summed E-state index contributed by atoms with van der Waals surface area (Å²) >= 11 is 0. The lowest BCUT2D eigenvalue weighted by Gasteiger charge is -2.23. The Balaban J connectivity index is 2.05. The van der Waals surface area contributed by atoms with E-state index in [4.69, 9.17) is 4.74 Å². The van der Waals surface area contributed by atoms with Crippen LogP contribution in [-0.2, 0) is 0 Å². The number of methoxy groups -OCH3 is 1. The highest BCUT2D eigenvalue weighted by Crippen LogP contribution is 2.21. The minimum atomic E-state index is 0.944. The predicted octanol–water partition coefficient (Wildman–Crippen LogP) is 2.23. The molecular weight excluding hydrogens is 212 g/mol. The molecule has 2 rings (SSSR count). The van der Waals surface area contributed by atoms with E-state index in [0.717, 1.165) is 31.9 Å². The van der Waals surface area contributed by atoms with Crippen molar-refractivity contribution in [3.63, 3.8) is 0 Å². The normalized spacial score (nSPS) is 17.9. The molecule has 0 bridgehead atoms. The smallest absolute Gasteiger partial charge is 0.120 e. The van der Waals surface area contributed by atoms with Crippen LogP contribution < -0.4 is 9.64 Å². The van der Waals surface area contributed by atoms with Crippen molar-refractivity contribution in [3.05, 3.63) is 24.3 Å². The second-order valence-corrected chi connectivity index (χ2v) is 4.48. The van der Waals surface area contributed by atoms with Gasteiger partial charge in [0.25, 0.3) is 0 Å². The van der Waals surface area contributed by atoms with Gasteiger partial charge in [0.2, 0.25) is 0 Å². The molecule has 0 N–H and O–H groups in total. The monoisotopic (exact) mass is 234 g/mol. The summed E-state index contributed by atoms with van der Waals surface area (Å²) < 4.78 is 5.28. The Kier molecular flexibility index (Phi) is 4.26. The van der Waals surface area contributed by atoms with Gasteiger partial charge < -0.3 is 14.5 Å². The van der Waals surface area contributed by atoms with Crippen molar-refractivity contribution < 1.29 is 4.74 Å². The van der Waals surface area contributed by atoms with E-state index in [9.17, 15) is 0 Å². The van der Waals surface area contributed by atoms with Gasteiger partial charge in [0, 0.05) is 31.4 Å².